The Morgan fingerprint density at radius 3 is 2.56 bits per heavy atom. The molecule has 0 aromatic heterocycles. The number of hydrogen-bond donors (Lipinski definition) is 1. The summed E-state index contributed by atoms with van der Waals surface area (Å²) >= 11 is 0. The van der Waals surface area contributed by atoms with Crippen LogP contribution in [-0.4, -0.2) is 65.9 Å². The molecule has 1 aliphatic carbocycles. The molecule has 2 heterocycles. The highest BCUT2D eigenvalue weighted by Crippen LogP contribution is 2.34. The van der Waals surface area contributed by atoms with Crippen molar-refractivity contribution in [1.82, 2.24) is 9.80 Å². The van der Waals surface area contributed by atoms with Gasteiger partial charge in [-0.25, -0.2) is 13.2 Å². The molecule has 1 fully saturated rings. The molecule has 25 heavy (non-hydrogen) atoms. The molecule has 0 unspecified atom stereocenters. The predicted molar refractivity (Wildman–Crippen MR) is 91.4 cm³/mol. The highest BCUT2D eigenvalue weighted by atomic mass is 32.2. The number of carboxylic acid groups (broad SMARTS) is 1. The number of carboxylic acids is 1. The van der Waals surface area contributed by atoms with E-state index in [9.17, 15) is 23.1 Å². The number of fused-ring (bicyclic) bond motifs is 1. The van der Waals surface area contributed by atoms with Crippen molar-refractivity contribution in [2.24, 2.45) is 4.40 Å². The number of sulfonamides is 1. The largest absolute Gasteiger partial charge is 0.479 e. The van der Waals surface area contributed by atoms with Gasteiger partial charge in [-0.1, -0.05) is 19.3 Å². The Morgan fingerprint density at radius 2 is 1.92 bits per heavy atom. The molecule has 0 saturated heterocycles. The topological polar surface area (TPSA) is 107 Å². The van der Waals surface area contributed by atoms with Crippen molar-refractivity contribution in [3.8, 4) is 0 Å². The lowest BCUT2D eigenvalue weighted by Gasteiger charge is -2.41. The Balaban J connectivity index is 1.85. The van der Waals surface area contributed by atoms with Gasteiger partial charge in [0.1, 0.15) is 11.4 Å². The quantitative estimate of drug-likeness (QED) is 0.788. The summed E-state index contributed by atoms with van der Waals surface area (Å²) in [6.45, 7) is 0.218. The molecular formula is C16H21N3O5S. The average Bonchev–Trinajstić information content (AvgIpc) is 2.59. The van der Waals surface area contributed by atoms with Gasteiger partial charge in [0.25, 0.3) is 15.9 Å². The monoisotopic (exact) mass is 367 g/mol. The van der Waals surface area contributed by atoms with Crippen molar-refractivity contribution in [2.45, 2.75) is 37.6 Å². The zero-order chi connectivity index (χ0) is 18.2. The van der Waals surface area contributed by atoms with Crippen LogP contribution in [0.4, 0.5) is 0 Å². The van der Waals surface area contributed by atoms with Crippen molar-refractivity contribution in [2.75, 3.05) is 19.3 Å². The van der Waals surface area contributed by atoms with Gasteiger partial charge in [0.2, 0.25) is 0 Å². The molecule has 1 saturated carbocycles. The van der Waals surface area contributed by atoms with Crippen LogP contribution < -0.4 is 0 Å². The molecule has 3 aliphatic rings. The lowest BCUT2D eigenvalue weighted by molar-refractivity contribution is -0.158. The smallest absolute Gasteiger partial charge is 0.329 e. The Bertz CT molecular complexity index is 791. The van der Waals surface area contributed by atoms with Gasteiger partial charge in [0, 0.05) is 19.8 Å². The first-order valence-corrected chi connectivity index (χ1v) is 9.87. The number of aliphatic carboxylic acids is 1. The first kappa shape index (κ1) is 17.7. The Hall–Kier alpha value is -2.16. The third kappa shape index (κ3) is 3.20. The number of hydrogen-bond acceptors (Lipinski definition) is 5. The van der Waals surface area contributed by atoms with Gasteiger partial charge < -0.3 is 14.9 Å². The van der Waals surface area contributed by atoms with Crippen molar-refractivity contribution in [3.05, 3.63) is 23.9 Å². The van der Waals surface area contributed by atoms with E-state index in [1.54, 1.807) is 11.1 Å². The highest BCUT2D eigenvalue weighted by molar-refractivity contribution is 7.90. The summed E-state index contributed by atoms with van der Waals surface area (Å²) in [7, 11) is -1.92. The van der Waals surface area contributed by atoms with Gasteiger partial charge in [0.15, 0.2) is 0 Å². The third-order valence-electron chi connectivity index (χ3n) is 5.10. The summed E-state index contributed by atoms with van der Waals surface area (Å²) < 4.78 is 26.8. The van der Waals surface area contributed by atoms with Crippen LogP contribution in [-0.2, 0) is 19.6 Å². The van der Waals surface area contributed by atoms with Crippen molar-refractivity contribution < 1.29 is 23.1 Å². The minimum absolute atomic E-state index is 0.114. The summed E-state index contributed by atoms with van der Waals surface area (Å²) in [4.78, 5) is 27.7. The molecule has 136 valence electrons. The van der Waals surface area contributed by atoms with Gasteiger partial charge in [-0.05, 0) is 25.0 Å². The van der Waals surface area contributed by atoms with Gasteiger partial charge in [-0.3, -0.25) is 4.79 Å². The van der Waals surface area contributed by atoms with E-state index >= 15 is 0 Å². The summed E-state index contributed by atoms with van der Waals surface area (Å²) in [5.41, 5.74) is -0.851. The lowest BCUT2D eigenvalue weighted by atomic mass is 9.80. The normalized spacial score (nSPS) is 24.0. The molecular weight excluding hydrogens is 346 g/mol. The molecule has 0 atom stereocenters. The standard InChI is InChI=1S/C16H21N3O5S/c1-18(16(15(21)22)7-3-2-4-8-16)14(20)12-5-6-13-17-25(23,24)10-9-19(13)11-12/h5-6,11H,2-4,7-10H2,1H3,(H,21,22). The Morgan fingerprint density at radius 1 is 1.24 bits per heavy atom. The van der Waals surface area contributed by atoms with E-state index in [2.05, 4.69) is 4.40 Å². The first-order chi connectivity index (χ1) is 11.8. The number of likely N-dealkylation sites (N-methyl/N-ethyl adjacent to an activating group) is 1. The second-order valence-electron chi connectivity index (χ2n) is 6.61. The zero-order valence-electron chi connectivity index (χ0n) is 14.0. The number of nitrogens with zero attached hydrogens (tertiary/aromatic N) is 3. The maximum absolute atomic E-state index is 12.9. The van der Waals surface area contributed by atoms with Gasteiger partial charge in [-0.15, -0.1) is 4.40 Å². The number of carbonyl (C=O) groups excluding carboxylic acids is 1. The number of carbonyl (C=O) groups is 2. The molecule has 0 radical (unpaired) electrons. The SMILES string of the molecule is CN(C(=O)C1=CN2CCS(=O)(=O)N=C2C=C1)C1(C(=O)O)CCCCC1. The van der Waals surface area contributed by atoms with Gasteiger partial charge in [0.05, 0.1) is 11.3 Å². The maximum Gasteiger partial charge on any atom is 0.329 e. The number of rotatable bonds is 3. The predicted octanol–water partition coefficient (Wildman–Crippen LogP) is 0.730. The minimum atomic E-state index is -3.45. The fourth-order valence-electron chi connectivity index (χ4n) is 3.54. The van der Waals surface area contributed by atoms with Crippen LogP contribution >= 0.6 is 0 Å². The van der Waals surface area contributed by atoms with Gasteiger partial charge in [-0.2, -0.15) is 0 Å². The van der Waals surface area contributed by atoms with Crippen LogP contribution in [0.15, 0.2) is 28.3 Å². The molecule has 0 spiro atoms. The molecule has 1 N–H and O–H groups in total. The van der Waals surface area contributed by atoms with Crippen LogP contribution in [0.1, 0.15) is 32.1 Å². The fraction of sp³-hybridized carbons (Fsp3) is 0.562. The molecule has 3 rings (SSSR count). The summed E-state index contributed by atoms with van der Waals surface area (Å²) in [5.74, 6) is -1.20. The highest BCUT2D eigenvalue weighted by Gasteiger charge is 2.46. The van der Waals surface area contributed by atoms with E-state index in [4.69, 9.17) is 0 Å². The molecule has 1 amide bonds. The first-order valence-electron chi connectivity index (χ1n) is 8.26. The molecule has 0 aromatic carbocycles. The van der Waals surface area contributed by atoms with Gasteiger partial charge >= 0.3 is 5.97 Å². The van der Waals surface area contributed by atoms with Crippen LogP contribution in [0, 0.1) is 0 Å². The minimum Gasteiger partial charge on any atom is -0.479 e. The molecule has 0 aromatic rings. The van der Waals surface area contributed by atoms with Crippen LogP contribution in [0.3, 0.4) is 0 Å². The summed E-state index contributed by atoms with van der Waals surface area (Å²) in [6, 6.07) is 0. The van der Waals surface area contributed by atoms with E-state index < -0.39 is 21.5 Å². The fourth-order valence-corrected chi connectivity index (χ4v) is 4.51. The molecule has 9 heteroatoms. The summed E-state index contributed by atoms with van der Waals surface area (Å²) in [6.07, 6.45) is 7.93. The van der Waals surface area contributed by atoms with Crippen molar-refractivity contribution >= 4 is 27.7 Å². The number of amides is 1. The summed E-state index contributed by atoms with van der Waals surface area (Å²) in [5, 5.41) is 9.72. The maximum atomic E-state index is 12.9. The molecule has 0 bridgehead atoms. The zero-order valence-corrected chi connectivity index (χ0v) is 14.8. The van der Waals surface area contributed by atoms with E-state index in [0.717, 1.165) is 19.3 Å². The van der Waals surface area contributed by atoms with Crippen LogP contribution in [0.5, 0.6) is 0 Å². The molecule has 2 aliphatic heterocycles. The second-order valence-corrected chi connectivity index (χ2v) is 8.36. The Labute approximate surface area is 146 Å². The van der Waals surface area contributed by atoms with E-state index in [1.165, 1.54) is 24.1 Å². The second kappa shape index (κ2) is 6.29. The van der Waals surface area contributed by atoms with E-state index in [-0.39, 0.29) is 24.0 Å². The molecule has 8 nitrogen and oxygen atoms in total. The van der Waals surface area contributed by atoms with E-state index in [0.29, 0.717) is 18.4 Å². The lowest BCUT2D eigenvalue weighted by Crippen LogP contribution is -2.56. The van der Waals surface area contributed by atoms with Crippen LogP contribution in [0.25, 0.3) is 0 Å². The number of amidine groups is 1. The van der Waals surface area contributed by atoms with Crippen LogP contribution in [0.2, 0.25) is 0 Å². The Kier molecular flexibility index (Phi) is 4.44. The van der Waals surface area contributed by atoms with Crippen molar-refractivity contribution in [1.29, 1.82) is 0 Å². The third-order valence-corrected chi connectivity index (χ3v) is 6.26. The van der Waals surface area contributed by atoms with Crippen molar-refractivity contribution in [3.63, 3.8) is 0 Å². The van der Waals surface area contributed by atoms with E-state index in [1.807, 2.05) is 0 Å². The average molecular weight is 367 g/mol.